The summed E-state index contributed by atoms with van der Waals surface area (Å²) in [6.07, 6.45) is 0. The first-order valence-electron chi connectivity index (χ1n) is 2.01. The predicted molar refractivity (Wildman–Crippen MR) is 30.3 cm³/mol. The van der Waals surface area contributed by atoms with Crippen LogP contribution in [-0.4, -0.2) is 22.5 Å². The predicted octanol–water partition coefficient (Wildman–Crippen LogP) is 0.476. The third-order valence-electron chi connectivity index (χ3n) is 0.714. The molecule has 0 radical (unpaired) electrons. The van der Waals surface area contributed by atoms with Crippen LogP contribution in [0.15, 0.2) is 0 Å². The van der Waals surface area contributed by atoms with Gasteiger partial charge in [0.2, 0.25) is 0 Å². The first kappa shape index (κ1) is 5.30. The minimum Gasteiger partial charge on any atom is -0.478 e. The number of methoxy groups -OCH3 is 1. The summed E-state index contributed by atoms with van der Waals surface area (Å²) < 4.78 is 5.20. The zero-order valence-electron chi connectivity index (χ0n) is 4.26. The number of ether oxygens (including phenoxy) is 1. The Kier molecular flexibility index (Phi) is 1.29. The molecular formula is C3H5N3OS. The van der Waals surface area contributed by atoms with Crippen LogP contribution in [0, 0.1) is 4.64 Å². The van der Waals surface area contributed by atoms with Gasteiger partial charge in [-0.25, -0.2) is 5.21 Å². The molecule has 1 rings (SSSR count). The molecule has 0 bridgehead atoms. The summed E-state index contributed by atoms with van der Waals surface area (Å²) in [6.45, 7) is 0. The fraction of sp³-hybridized carbons (Fsp3) is 0.333. The fourth-order valence-electron chi connectivity index (χ4n) is 0.372. The molecule has 0 saturated heterocycles. The van der Waals surface area contributed by atoms with E-state index in [1.54, 1.807) is 0 Å². The molecule has 5 heteroatoms. The van der Waals surface area contributed by atoms with E-state index >= 15 is 0 Å². The Bertz CT molecular complexity index is 214. The SMILES string of the molecule is COc1n[nH][nH]c1=S. The standard InChI is InChI=1S/C3H5N3OS/c1-7-2-3(8)5-6-4-2/h1H3,(H2,4,5,6,8). The van der Waals surface area contributed by atoms with Gasteiger partial charge in [-0.1, -0.05) is 12.2 Å². The van der Waals surface area contributed by atoms with E-state index < -0.39 is 0 Å². The van der Waals surface area contributed by atoms with Gasteiger partial charge in [-0.15, -0.1) is 5.10 Å². The molecule has 0 amide bonds. The maximum atomic E-state index is 4.71. The minimum atomic E-state index is 0.431. The highest BCUT2D eigenvalue weighted by molar-refractivity contribution is 7.71. The Labute approximate surface area is 50.9 Å². The molecule has 8 heavy (non-hydrogen) atoms. The van der Waals surface area contributed by atoms with Crippen LogP contribution in [0.3, 0.4) is 0 Å². The van der Waals surface area contributed by atoms with Crippen LogP contribution in [-0.2, 0) is 0 Å². The summed E-state index contributed by atoms with van der Waals surface area (Å²) >= 11 is 4.71. The van der Waals surface area contributed by atoms with Gasteiger partial charge in [0, 0.05) is 0 Å². The van der Waals surface area contributed by atoms with Crippen molar-refractivity contribution >= 4 is 12.2 Å². The summed E-state index contributed by atoms with van der Waals surface area (Å²) in [5, 5.41) is 8.65. The summed E-state index contributed by atoms with van der Waals surface area (Å²) in [5.41, 5.74) is 0. The summed E-state index contributed by atoms with van der Waals surface area (Å²) in [5.74, 6) is 0.431. The van der Waals surface area contributed by atoms with Crippen molar-refractivity contribution in [2.24, 2.45) is 0 Å². The molecular weight excluding hydrogens is 126 g/mol. The van der Waals surface area contributed by atoms with Gasteiger partial charge in [-0.2, -0.15) is 0 Å². The van der Waals surface area contributed by atoms with Crippen molar-refractivity contribution in [1.29, 1.82) is 0 Å². The lowest BCUT2D eigenvalue weighted by Gasteiger charge is -1.84. The van der Waals surface area contributed by atoms with Crippen molar-refractivity contribution in [2.45, 2.75) is 0 Å². The molecule has 0 aliphatic heterocycles. The van der Waals surface area contributed by atoms with Gasteiger partial charge in [0.05, 0.1) is 7.11 Å². The van der Waals surface area contributed by atoms with Crippen molar-refractivity contribution in [2.75, 3.05) is 7.11 Å². The van der Waals surface area contributed by atoms with Crippen LogP contribution in [0.1, 0.15) is 0 Å². The largest absolute Gasteiger partial charge is 0.478 e. The van der Waals surface area contributed by atoms with Crippen molar-refractivity contribution in [3.63, 3.8) is 0 Å². The van der Waals surface area contributed by atoms with E-state index in [4.69, 9.17) is 17.0 Å². The van der Waals surface area contributed by atoms with Gasteiger partial charge in [0.15, 0.2) is 4.64 Å². The number of hydrogen-bond donors (Lipinski definition) is 2. The Hall–Kier alpha value is -0.840. The zero-order valence-corrected chi connectivity index (χ0v) is 5.08. The van der Waals surface area contributed by atoms with E-state index in [9.17, 15) is 0 Å². The maximum Gasteiger partial charge on any atom is 0.269 e. The van der Waals surface area contributed by atoms with E-state index in [0.29, 0.717) is 10.5 Å². The number of rotatable bonds is 1. The molecule has 0 fully saturated rings. The number of H-pyrrole nitrogens is 2. The number of hydrogen-bond acceptors (Lipinski definition) is 3. The molecule has 0 aliphatic rings. The average Bonchev–Trinajstić information content (AvgIpc) is 2.14. The maximum absolute atomic E-state index is 4.71. The minimum absolute atomic E-state index is 0.431. The normalized spacial score (nSPS) is 9.12. The van der Waals surface area contributed by atoms with Gasteiger partial charge >= 0.3 is 0 Å². The Morgan fingerprint density at radius 3 is 2.75 bits per heavy atom. The third-order valence-corrected chi connectivity index (χ3v) is 0.991. The smallest absolute Gasteiger partial charge is 0.269 e. The van der Waals surface area contributed by atoms with Crippen LogP contribution in [0.5, 0.6) is 5.88 Å². The second kappa shape index (κ2) is 1.95. The lowest BCUT2D eigenvalue weighted by Crippen LogP contribution is -1.81. The van der Waals surface area contributed by atoms with Crippen molar-refractivity contribution in [1.82, 2.24) is 15.4 Å². The number of aromatic amines is 2. The quantitative estimate of drug-likeness (QED) is 0.545. The van der Waals surface area contributed by atoms with Crippen LogP contribution in [0.25, 0.3) is 0 Å². The van der Waals surface area contributed by atoms with E-state index in [0.717, 1.165) is 0 Å². The molecule has 44 valence electrons. The Morgan fingerprint density at radius 1 is 1.75 bits per heavy atom. The molecule has 0 saturated carbocycles. The van der Waals surface area contributed by atoms with E-state index in [-0.39, 0.29) is 0 Å². The van der Waals surface area contributed by atoms with Crippen molar-refractivity contribution in [3.8, 4) is 5.88 Å². The molecule has 1 aromatic rings. The molecule has 1 heterocycles. The van der Waals surface area contributed by atoms with Crippen LogP contribution < -0.4 is 4.74 Å². The Morgan fingerprint density at radius 2 is 2.50 bits per heavy atom. The molecule has 0 unspecified atom stereocenters. The highest BCUT2D eigenvalue weighted by Gasteiger charge is 1.92. The highest BCUT2D eigenvalue weighted by Crippen LogP contribution is 2.00. The molecule has 4 nitrogen and oxygen atoms in total. The van der Waals surface area contributed by atoms with Gasteiger partial charge in [-0.05, 0) is 0 Å². The second-order valence-corrected chi connectivity index (χ2v) is 1.60. The second-order valence-electron chi connectivity index (χ2n) is 1.19. The van der Waals surface area contributed by atoms with E-state index in [2.05, 4.69) is 15.4 Å². The molecule has 0 atom stereocenters. The van der Waals surface area contributed by atoms with Gasteiger partial charge in [0.25, 0.3) is 5.88 Å². The average molecular weight is 131 g/mol. The fourth-order valence-corrected chi connectivity index (χ4v) is 0.547. The lowest BCUT2D eigenvalue weighted by atomic mass is 10.8. The highest BCUT2D eigenvalue weighted by atomic mass is 32.1. The van der Waals surface area contributed by atoms with Crippen LogP contribution in [0.2, 0.25) is 0 Å². The number of nitrogens with one attached hydrogen (secondary N) is 2. The first-order chi connectivity index (χ1) is 3.84. The molecule has 0 aliphatic carbocycles. The summed E-state index contributed by atoms with van der Waals surface area (Å²) in [7, 11) is 1.51. The molecule has 1 aromatic heterocycles. The molecule has 2 N–H and O–H groups in total. The first-order valence-corrected chi connectivity index (χ1v) is 2.42. The van der Waals surface area contributed by atoms with Crippen LogP contribution in [0.4, 0.5) is 0 Å². The lowest BCUT2D eigenvalue weighted by molar-refractivity contribution is 0.395. The third kappa shape index (κ3) is 0.717. The van der Waals surface area contributed by atoms with Crippen molar-refractivity contribution in [3.05, 3.63) is 4.64 Å². The molecule has 0 spiro atoms. The number of aromatic nitrogens is 3. The van der Waals surface area contributed by atoms with Gasteiger partial charge < -0.3 is 4.74 Å². The van der Waals surface area contributed by atoms with Crippen molar-refractivity contribution < 1.29 is 4.74 Å². The zero-order chi connectivity index (χ0) is 5.98. The van der Waals surface area contributed by atoms with E-state index in [1.165, 1.54) is 7.11 Å². The van der Waals surface area contributed by atoms with E-state index in [1.807, 2.05) is 0 Å². The van der Waals surface area contributed by atoms with Gasteiger partial charge in [0.1, 0.15) is 0 Å². The number of nitrogens with zero attached hydrogens (tertiary/aromatic N) is 1. The monoisotopic (exact) mass is 131 g/mol. The van der Waals surface area contributed by atoms with Crippen LogP contribution >= 0.6 is 12.2 Å². The molecule has 0 aromatic carbocycles. The van der Waals surface area contributed by atoms with Gasteiger partial charge in [-0.3, -0.25) is 5.10 Å². The Balaban J connectivity index is 3.11. The topological polar surface area (TPSA) is 53.7 Å². The summed E-state index contributed by atoms with van der Waals surface area (Å²) in [4.78, 5) is 0. The summed E-state index contributed by atoms with van der Waals surface area (Å²) in [6, 6.07) is 0.